The van der Waals surface area contributed by atoms with Crippen molar-refractivity contribution in [1.82, 2.24) is 15.1 Å². The minimum Gasteiger partial charge on any atom is -0.350 e. The molecule has 1 atom stereocenters. The smallest absolute Gasteiger partial charge is 0.251 e. The molecule has 0 aromatic heterocycles. The number of hydrogen-bond donors (Lipinski definition) is 1. The van der Waals surface area contributed by atoms with Crippen molar-refractivity contribution >= 4 is 5.91 Å². The fourth-order valence-corrected chi connectivity index (χ4v) is 3.16. The summed E-state index contributed by atoms with van der Waals surface area (Å²) in [6.45, 7) is 4.34. The third-order valence-corrected chi connectivity index (χ3v) is 4.73. The van der Waals surface area contributed by atoms with E-state index in [1.807, 2.05) is 30.3 Å². The lowest BCUT2D eigenvalue weighted by atomic mass is 10.0. The number of carbonyl (C=O) groups excluding carboxylic acids is 1. The van der Waals surface area contributed by atoms with Gasteiger partial charge >= 0.3 is 0 Å². The maximum Gasteiger partial charge on any atom is 0.251 e. The third-order valence-electron chi connectivity index (χ3n) is 4.73. The molecule has 2 aromatic rings. The Kier molecular flexibility index (Phi) is 5.79. The molecule has 2 aromatic carbocycles. The predicted octanol–water partition coefficient (Wildman–Crippen LogP) is 2.54. The maximum atomic E-state index is 13.3. The van der Waals surface area contributed by atoms with E-state index in [-0.39, 0.29) is 17.8 Å². The van der Waals surface area contributed by atoms with Gasteiger partial charge < -0.3 is 10.2 Å². The molecule has 0 bridgehead atoms. The highest BCUT2D eigenvalue weighted by Gasteiger charge is 2.24. The monoisotopic (exact) mass is 341 g/mol. The Morgan fingerprint density at radius 2 is 1.68 bits per heavy atom. The maximum absolute atomic E-state index is 13.3. The van der Waals surface area contributed by atoms with E-state index in [1.165, 1.54) is 12.1 Å². The second kappa shape index (κ2) is 8.23. The van der Waals surface area contributed by atoms with Crippen LogP contribution in [0.15, 0.2) is 54.6 Å². The lowest BCUT2D eigenvalue weighted by Crippen LogP contribution is -2.48. The van der Waals surface area contributed by atoms with Crippen LogP contribution in [0.3, 0.4) is 0 Å². The molecular formula is C20H24FN3O. The van der Waals surface area contributed by atoms with Crippen LogP contribution < -0.4 is 5.32 Å². The predicted molar refractivity (Wildman–Crippen MR) is 97.0 cm³/mol. The SMILES string of the molecule is CN1CCN([C@@H](CNC(=O)c2ccccc2)c2ccc(F)cc2)CC1. The van der Waals surface area contributed by atoms with Gasteiger partial charge in [-0.15, -0.1) is 0 Å². The summed E-state index contributed by atoms with van der Waals surface area (Å²) in [7, 11) is 2.11. The van der Waals surface area contributed by atoms with Gasteiger partial charge in [0, 0.05) is 38.3 Å². The van der Waals surface area contributed by atoms with E-state index in [4.69, 9.17) is 0 Å². The number of halogens is 1. The van der Waals surface area contributed by atoms with Crippen LogP contribution in [-0.2, 0) is 0 Å². The molecule has 1 N–H and O–H groups in total. The van der Waals surface area contributed by atoms with Gasteiger partial charge in [-0.2, -0.15) is 0 Å². The highest BCUT2D eigenvalue weighted by atomic mass is 19.1. The van der Waals surface area contributed by atoms with E-state index < -0.39 is 0 Å². The van der Waals surface area contributed by atoms with Crippen LogP contribution >= 0.6 is 0 Å². The van der Waals surface area contributed by atoms with Gasteiger partial charge in [-0.1, -0.05) is 30.3 Å². The first kappa shape index (κ1) is 17.6. The number of amides is 1. The first-order valence-electron chi connectivity index (χ1n) is 8.65. The molecule has 0 unspecified atom stereocenters. The molecule has 0 radical (unpaired) electrons. The quantitative estimate of drug-likeness (QED) is 0.908. The molecule has 132 valence electrons. The summed E-state index contributed by atoms with van der Waals surface area (Å²) >= 11 is 0. The zero-order chi connectivity index (χ0) is 17.6. The number of rotatable bonds is 5. The third kappa shape index (κ3) is 4.65. The first-order chi connectivity index (χ1) is 12.1. The second-order valence-electron chi connectivity index (χ2n) is 6.48. The molecule has 1 aliphatic heterocycles. The van der Waals surface area contributed by atoms with Crippen molar-refractivity contribution in [3.05, 3.63) is 71.5 Å². The number of nitrogens with zero attached hydrogens (tertiary/aromatic N) is 2. The average molecular weight is 341 g/mol. The summed E-state index contributed by atoms with van der Waals surface area (Å²) in [6, 6.07) is 15.8. The van der Waals surface area contributed by atoms with Gasteiger partial charge in [0.2, 0.25) is 0 Å². The van der Waals surface area contributed by atoms with E-state index in [9.17, 15) is 9.18 Å². The second-order valence-corrected chi connectivity index (χ2v) is 6.48. The average Bonchev–Trinajstić information content (AvgIpc) is 2.65. The molecule has 1 fully saturated rings. The van der Waals surface area contributed by atoms with Crippen LogP contribution in [0.25, 0.3) is 0 Å². The summed E-state index contributed by atoms with van der Waals surface area (Å²) in [5, 5.41) is 3.03. The molecule has 25 heavy (non-hydrogen) atoms. The largest absolute Gasteiger partial charge is 0.350 e. The Hall–Kier alpha value is -2.24. The Morgan fingerprint density at radius 1 is 1.04 bits per heavy atom. The van der Waals surface area contributed by atoms with E-state index in [2.05, 4.69) is 22.2 Å². The fourth-order valence-electron chi connectivity index (χ4n) is 3.16. The number of hydrogen-bond acceptors (Lipinski definition) is 3. The molecular weight excluding hydrogens is 317 g/mol. The zero-order valence-corrected chi connectivity index (χ0v) is 14.5. The van der Waals surface area contributed by atoms with E-state index >= 15 is 0 Å². The van der Waals surface area contributed by atoms with Crippen LogP contribution in [0.1, 0.15) is 22.0 Å². The molecule has 1 amide bonds. The van der Waals surface area contributed by atoms with Crippen molar-refractivity contribution in [1.29, 1.82) is 0 Å². The molecule has 0 spiro atoms. The lowest BCUT2D eigenvalue weighted by Gasteiger charge is -2.38. The minimum absolute atomic E-state index is 0.0435. The van der Waals surface area contributed by atoms with Crippen LogP contribution in [0.2, 0.25) is 0 Å². The molecule has 1 saturated heterocycles. The fraction of sp³-hybridized carbons (Fsp3) is 0.350. The summed E-state index contributed by atoms with van der Waals surface area (Å²) in [4.78, 5) is 17.0. The van der Waals surface area contributed by atoms with Gasteiger partial charge in [0.1, 0.15) is 5.82 Å². The Morgan fingerprint density at radius 3 is 2.32 bits per heavy atom. The summed E-state index contributed by atoms with van der Waals surface area (Å²) in [5.74, 6) is -0.323. The topological polar surface area (TPSA) is 35.6 Å². The Balaban J connectivity index is 1.72. The molecule has 0 saturated carbocycles. The van der Waals surface area contributed by atoms with Gasteiger partial charge in [0.05, 0.1) is 6.04 Å². The number of benzene rings is 2. The number of piperazine rings is 1. The lowest BCUT2D eigenvalue weighted by molar-refractivity contribution is 0.0886. The van der Waals surface area contributed by atoms with Crippen molar-refractivity contribution in [3.8, 4) is 0 Å². The van der Waals surface area contributed by atoms with Gasteiger partial charge in [-0.05, 0) is 36.9 Å². The number of nitrogens with one attached hydrogen (secondary N) is 1. The molecule has 1 heterocycles. The van der Waals surface area contributed by atoms with E-state index in [0.717, 1.165) is 31.7 Å². The van der Waals surface area contributed by atoms with Crippen molar-refractivity contribution in [2.24, 2.45) is 0 Å². The van der Waals surface area contributed by atoms with Crippen LogP contribution in [0, 0.1) is 5.82 Å². The summed E-state index contributed by atoms with van der Waals surface area (Å²) in [5.41, 5.74) is 1.68. The van der Waals surface area contributed by atoms with Gasteiger partial charge in [-0.3, -0.25) is 9.69 Å². The van der Waals surface area contributed by atoms with Crippen molar-refractivity contribution in [3.63, 3.8) is 0 Å². The minimum atomic E-state index is -0.241. The van der Waals surface area contributed by atoms with Crippen LogP contribution in [0.4, 0.5) is 4.39 Å². The standard InChI is InChI=1S/C20H24FN3O/c1-23-11-13-24(14-12-23)19(16-7-9-18(21)10-8-16)15-22-20(25)17-5-3-2-4-6-17/h2-10,19H,11-15H2,1H3,(H,22,25)/t19-/m0/s1. The highest BCUT2D eigenvalue weighted by Crippen LogP contribution is 2.22. The van der Waals surface area contributed by atoms with Crippen molar-refractivity contribution in [2.45, 2.75) is 6.04 Å². The first-order valence-corrected chi connectivity index (χ1v) is 8.65. The highest BCUT2D eigenvalue weighted by molar-refractivity contribution is 5.94. The molecule has 1 aliphatic rings. The van der Waals surface area contributed by atoms with E-state index in [1.54, 1.807) is 12.1 Å². The zero-order valence-electron chi connectivity index (χ0n) is 14.5. The molecule has 3 rings (SSSR count). The normalized spacial score (nSPS) is 17.2. The Labute approximate surface area is 148 Å². The van der Waals surface area contributed by atoms with E-state index in [0.29, 0.717) is 12.1 Å². The van der Waals surface area contributed by atoms with Crippen LogP contribution in [-0.4, -0.2) is 55.5 Å². The van der Waals surface area contributed by atoms with Gasteiger partial charge in [0.15, 0.2) is 0 Å². The van der Waals surface area contributed by atoms with Gasteiger partial charge in [0.25, 0.3) is 5.91 Å². The number of likely N-dealkylation sites (N-methyl/N-ethyl adjacent to an activating group) is 1. The molecule has 5 heteroatoms. The summed E-state index contributed by atoms with van der Waals surface area (Å²) < 4.78 is 13.3. The summed E-state index contributed by atoms with van der Waals surface area (Å²) in [6.07, 6.45) is 0. The van der Waals surface area contributed by atoms with Crippen molar-refractivity contribution in [2.75, 3.05) is 39.8 Å². The molecule has 4 nitrogen and oxygen atoms in total. The van der Waals surface area contributed by atoms with Gasteiger partial charge in [-0.25, -0.2) is 4.39 Å². The molecule has 0 aliphatic carbocycles. The Bertz CT molecular complexity index is 682. The number of carbonyl (C=O) groups is 1. The van der Waals surface area contributed by atoms with Crippen molar-refractivity contribution < 1.29 is 9.18 Å². The van der Waals surface area contributed by atoms with Crippen LogP contribution in [0.5, 0.6) is 0 Å².